The number of amides is 1. The molecule has 0 spiro atoms. The molecule has 1 aliphatic rings. The maximum absolute atomic E-state index is 13.6. The van der Waals surface area contributed by atoms with E-state index in [1.165, 1.54) is 0 Å². The Morgan fingerprint density at radius 1 is 1.00 bits per heavy atom. The highest BCUT2D eigenvalue weighted by Crippen LogP contribution is 2.33. The first kappa shape index (κ1) is 24.6. The van der Waals surface area contributed by atoms with E-state index in [4.69, 9.17) is 15.0 Å². The van der Waals surface area contributed by atoms with Crippen LogP contribution in [0.2, 0.25) is 0 Å². The summed E-state index contributed by atoms with van der Waals surface area (Å²) in [6.07, 6.45) is 1.87. The number of benzene rings is 1. The van der Waals surface area contributed by atoms with Gasteiger partial charge in [-0.1, -0.05) is 36.4 Å². The van der Waals surface area contributed by atoms with E-state index < -0.39 is 0 Å². The van der Waals surface area contributed by atoms with E-state index in [-0.39, 0.29) is 11.9 Å². The van der Waals surface area contributed by atoms with Gasteiger partial charge in [-0.05, 0) is 57.6 Å². The van der Waals surface area contributed by atoms with Crippen molar-refractivity contribution in [2.75, 3.05) is 23.9 Å². The van der Waals surface area contributed by atoms with Crippen LogP contribution in [0.3, 0.4) is 0 Å². The monoisotopic (exact) mass is 492 g/mol. The van der Waals surface area contributed by atoms with Crippen LogP contribution in [0, 0.1) is 6.92 Å². The van der Waals surface area contributed by atoms with Gasteiger partial charge >= 0.3 is 0 Å². The van der Waals surface area contributed by atoms with Gasteiger partial charge in [-0.3, -0.25) is 14.7 Å². The number of hydrogen-bond donors (Lipinski definition) is 1. The lowest BCUT2D eigenvalue weighted by Gasteiger charge is -2.24. The molecule has 4 heterocycles. The molecular weight excluding hydrogens is 460 g/mol. The lowest BCUT2D eigenvalue weighted by molar-refractivity contribution is 0.0996. The standard InChI is InChI=1S/C30H32N6O/c1-19(2)35(5)29-15-22-24(27(34-29)17-31-4)18-36(30(22)37)28-13-9-12-25(33-28)23-16-32-26(14-20(23)3)21-10-7-6-8-11-21/h6-16,19,31H,17-18H2,1-5H3. The maximum atomic E-state index is 13.6. The Morgan fingerprint density at radius 2 is 1.78 bits per heavy atom. The summed E-state index contributed by atoms with van der Waals surface area (Å²) in [5.74, 6) is 1.38. The minimum atomic E-state index is -0.0490. The third-order valence-electron chi connectivity index (χ3n) is 6.94. The molecule has 188 valence electrons. The van der Waals surface area contributed by atoms with E-state index >= 15 is 0 Å². The van der Waals surface area contributed by atoms with Gasteiger partial charge in [-0.2, -0.15) is 0 Å². The lowest BCUT2D eigenvalue weighted by atomic mass is 10.0. The molecule has 4 aromatic rings. The second-order valence-corrected chi connectivity index (χ2v) is 9.71. The Hall–Kier alpha value is -4.10. The van der Waals surface area contributed by atoms with Crippen LogP contribution in [0.1, 0.15) is 41.0 Å². The minimum Gasteiger partial charge on any atom is -0.357 e. The quantitative estimate of drug-likeness (QED) is 0.380. The summed E-state index contributed by atoms with van der Waals surface area (Å²) in [5, 5.41) is 3.20. The van der Waals surface area contributed by atoms with Gasteiger partial charge < -0.3 is 10.2 Å². The molecule has 0 atom stereocenters. The molecule has 37 heavy (non-hydrogen) atoms. The average molecular weight is 493 g/mol. The zero-order chi connectivity index (χ0) is 26.1. The molecule has 0 fully saturated rings. The van der Waals surface area contributed by atoms with E-state index in [1.54, 1.807) is 4.90 Å². The van der Waals surface area contributed by atoms with Crippen LogP contribution in [0.5, 0.6) is 0 Å². The molecule has 1 N–H and O–H groups in total. The predicted molar refractivity (Wildman–Crippen MR) is 149 cm³/mol. The fraction of sp³-hybridized carbons (Fsp3) is 0.267. The first-order valence-corrected chi connectivity index (χ1v) is 12.6. The van der Waals surface area contributed by atoms with Crippen LogP contribution in [-0.4, -0.2) is 41.0 Å². The first-order chi connectivity index (χ1) is 17.9. The van der Waals surface area contributed by atoms with Crippen molar-refractivity contribution in [3.05, 3.63) is 89.2 Å². The van der Waals surface area contributed by atoms with Crippen molar-refractivity contribution in [3.63, 3.8) is 0 Å². The van der Waals surface area contributed by atoms with Crippen molar-refractivity contribution in [2.24, 2.45) is 0 Å². The number of carbonyl (C=O) groups excluding carboxylic acids is 1. The molecule has 0 unspecified atom stereocenters. The van der Waals surface area contributed by atoms with Crippen molar-refractivity contribution in [3.8, 4) is 22.5 Å². The van der Waals surface area contributed by atoms with E-state index in [0.29, 0.717) is 24.5 Å². The zero-order valence-electron chi connectivity index (χ0n) is 22.0. The number of nitrogens with one attached hydrogen (secondary N) is 1. The number of fused-ring (bicyclic) bond motifs is 1. The van der Waals surface area contributed by atoms with Gasteiger partial charge in [-0.15, -0.1) is 0 Å². The fourth-order valence-corrected chi connectivity index (χ4v) is 4.61. The van der Waals surface area contributed by atoms with Crippen molar-refractivity contribution < 1.29 is 4.79 Å². The first-order valence-electron chi connectivity index (χ1n) is 12.6. The lowest BCUT2D eigenvalue weighted by Crippen LogP contribution is -2.27. The zero-order valence-corrected chi connectivity index (χ0v) is 22.0. The summed E-state index contributed by atoms with van der Waals surface area (Å²) < 4.78 is 0. The van der Waals surface area contributed by atoms with Crippen LogP contribution in [0.25, 0.3) is 22.5 Å². The SMILES string of the molecule is CNCc1nc(N(C)C(C)C)cc2c1CN(c1cccc(-c3cnc(-c4ccccc4)cc3C)n1)C2=O. The van der Waals surface area contributed by atoms with Crippen LogP contribution < -0.4 is 15.1 Å². The minimum absolute atomic E-state index is 0.0490. The molecule has 0 saturated carbocycles. The molecule has 0 saturated heterocycles. The fourth-order valence-electron chi connectivity index (χ4n) is 4.61. The summed E-state index contributed by atoms with van der Waals surface area (Å²) in [5.41, 5.74) is 7.37. The summed E-state index contributed by atoms with van der Waals surface area (Å²) >= 11 is 0. The van der Waals surface area contributed by atoms with Crippen LogP contribution >= 0.6 is 0 Å². The van der Waals surface area contributed by atoms with Crippen molar-refractivity contribution in [1.82, 2.24) is 20.3 Å². The van der Waals surface area contributed by atoms with Gasteiger partial charge in [0.2, 0.25) is 0 Å². The van der Waals surface area contributed by atoms with Crippen molar-refractivity contribution in [1.29, 1.82) is 0 Å². The van der Waals surface area contributed by atoms with Crippen LogP contribution in [-0.2, 0) is 13.1 Å². The largest absolute Gasteiger partial charge is 0.357 e. The third-order valence-corrected chi connectivity index (χ3v) is 6.94. The molecule has 0 aliphatic carbocycles. The molecule has 1 aliphatic heterocycles. The van der Waals surface area contributed by atoms with Gasteiger partial charge in [0, 0.05) is 42.5 Å². The maximum Gasteiger partial charge on any atom is 0.260 e. The van der Waals surface area contributed by atoms with E-state index in [2.05, 4.69) is 49.2 Å². The molecule has 5 rings (SSSR count). The molecule has 0 bridgehead atoms. The Labute approximate surface area is 218 Å². The number of anilines is 2. The number of aryl methyl sites for hydroxylation is 1. The van der Waals surface area contributed by atoms with Crippen LogP contribution in [0.4, 0.5) is 11.6 Å². The van der Waals surface area contributed by atoms with Crippen molar-refractivity contribution in [2.45, 2.75) is 39.9 Å². The van der Waals surface area contributed by atoms with Gasteiger partial charge in [0.15, 0.2) is 0 Å². The number of carbonyl (C=O) groups is 1. The third kappa shape index (κ3) is 4.70. The smallest absolute Gasteiger partial charge is 0.260 e. The topological polar surface area (TPSA) is 74.2 Å². The normalized spacial score (nSPS) is 12.8. The van der Waals surface area contributed by atoms with E-state index in [1.807, 2.05) is 62.8 Å². The summed E-state index contributed by atoms with van der Waals surface area (Å²) in [6, 6.07) is 20.2. The molecule has 7 heteroatoms. The van der Waals surface area contributed by atoms with Crippen molar-refractivity contribution >= 4 is 17.5 Å². The number of nitrogens with zero attached hydrogens (tertiary/aromatic N) is 5. The highest BCUT2D eigenvalue weighted by Gasteiger charge is 2.33. The summed E-state index contributed by atoms with van der Waals surface area (Å²) in [6.45, 7) is 7.33. The van der Waals surface area contributed by atoms with Crippen LogP contribution in [0.15, 0.2) is 66.9 Å². The molecule has 1 amide bonds. The van der Waals surface area contributed by atoms with E-state index in [9.17, 15) is 4.79 Å². The van der Waals surface area contributed by atoms with Gasteiger partial charge in [0.1, 0.15) is 11.6 Å². The highest BCUT2D eigenvalue weighted by molar-refractivity contribution is 6.10. The number of aromatic nitrogens is 3. The Morgan fingerprint density at radius 3 is 2.49 bits per heavy atom. The second-order valence-electron chi connectivity index (χ2n) is 9.71. The Kier molecular flexibility index (Phi) is 6.72. The number of hydrogen-bond acceptors (Lipinski definition) is 6. The molecule has 0 radical (unpaired) electrons. The second kappa shape index (κ2) is 10.1. The molecule has 7 nitrogen and oxygen atoms in total. The van der Waals surface area contributed by atoms with E-state index in [0.717, 1.165) is 45.2 Å². The predicted octanol–water partition coefficient (Wildman–Crippen LogP) is 5.24. The number of rotatable bonds is 7. The van der Waals surface area contributed by atoms with Gasteiger partial charge in [0.25, 0.3) is 5.91 Å². The summed E-state index contributed by atoms with van der Waals surface area (Å²) in [4.78, 5) is 31.9. The average Bonchev–Trinajstić information content (AvgIpc) is 3.25. The van der Waals surface area contributed by atoms with Gasteiger partial charge in [-0.25, -0.2) is 9.97 Å². The molecule has 1 aromatic carbocycles. The molecular formula is C30H32N6O. The number of pyridine rings is 3. The van der Waals surface area contributed by atoms with Gasteiger partial charge in [0.05, 0.1) is 29.2 Å². The summed E-state index contributed by atoms with van der Waals surface area (Å²) in [7, 11) is 3.90. The Bertz CT molecular complexity index is 1450. The molecule has 3 aromatic heterocycles. The Balaban J connectivity index is 1.48. The highest BCUT2D eigenvalue weighted by atomic mass is 16.2.